The van der Waals surface area contributed by atoms with Crippen LogP contribution in [0.4, 0.5) is 11.4 Å². The van der Waals surface area contributed by atoms with Gasteiger partial charge >= 0.3 is 0 Å². The molecule has 4 aromatic rings. The number of carbonyl (C=O) groups is 1. The van der Waals surface area contributed by atoms with Gasteiger partial charge in [0.05, 0.1) is 17.1 Å². The maximum Gasteiger partial charge on any atom is 0.264 e. The van der Waals surface area contributed by atoms with E-state index in [0.29, 0.717) is 47.7 Å². The number of amides is 1. The molecule has 43 heavy (non-hydrogen) atoms. The Kier molecular flexibility index (Phi) is 9.49. The smallest absolute Gasteiger partial charge is 0.264 e. The van der Waals surface area contributed by atoms with Crippen molar-refractivity contribution in [3.05, 3.63) is 118 Å². The van der Waals surface area contributed by atoms with Crippen molar-refractivity contribution in [2.45, 2.75) is 25.3 Å². The van der Waals surface area contributed by atoms with Crippen LogP contribution >= 0.6 is 23.2 Å². The zero-order chi connectivity index (χ0) is 30.6. The van der Waals surface area contributed by atoms with Gasteiger partial charge in [0, 0.05) is 41.9 Å². The molecule has 224 valence electrons. The van der Waals surface area contributed by atoms with Gasteiger partial charge in [-0.25, -0.2) is 8.42 Å². The van der Waals surface area contributed by atoms with Gasteiger partial charge in [0.1, 0.15) is 5.75 Å². The molecule has 10 heteroatoms. The van der Waals surface area contributed by atoms with Crippen molar-refractivity contribution in [1.82, 2.24) is 4.90 Å². The Bertz CT molecular complexity index is 1670. The average Bonchev–Trinajstić information content (AvgIpc) is 3.01. The molecule has 0 N–H and O–H groups in total. The summed E-state index contributed by atoms with van der Waals surface area (Å²) >= 11 is 12.2. The lowest BCUT2D eigenvalue weighted by Crippen LogP contribution is -2.50. The normalized spacial score (nSPS) is 13.6. The van der Waals surface area contributed by atoms with E-state index in [4.69, 9.17) is 27.9 Å². The second-order valence-electron chi connectivity index (χ2n) is 10.5. The average molecular weight is 639 g/mol. The summed E-state index contributed by atoms with van der Waals surface area (Å²) in [6, 6.07) is 26.4. The number of piperazine rings is 1. The summed E-state index contributed by atoms with van der Waals surface area (Å²) in [7, 11) is -3.87. The third-order valence-corrected chi connectivity index (χ3v) is 9.75. The Balaban J connectivity index is 1.24. The molecule has 0 bridgehead atoms. The minimum atomic E-state index is -3.87. The molecule has 0 radical (unpaired) electrons. The maximum atomic E-state index is 13.7. The number of aryl methyl sites for hydroxylation is 2. The quantitative estimate of drug-likeness (QED) is 0.203. The Hall–Kier alpha value is -3.72. The van der Waals surface area contributed by atoms with Crippen LogP contribution in [-0.4, -0.2) is 52.0 Å². The van der Waals surface area contributed by atoms with Crippen molar-refractivity contribution in [2.24, 2.45) is 0 Å². The lowest BCUT2D eigenvalue weighted by molar-refractivity contribution is -0.133. The van der Waals surface area contributed by atoms with Crippen molar-refractivity contribution >= 4 is 50.5 Å². The van der Waals surface area contributed by atoms with E-state index in [9.17, 15) is 13.2 Å². The second kappa shape index (κ2) is 13.3. The fraction of sp³-hybridized carbons (Fsp3) is 0.242. The SMILES string of the molecule is Cc1ccc(S(=O)(=O)N(Cc2ccc(Cl)cc2)c2ccc(OCC(=O)N3CCN(c4cc(Cl)ccc4C)CC3)cc2)cc1. The first-order valence-electron chi connectivity index (χ1n) is 14.0. The fourth-order valence-electron chi connectivity index (χ4n) is 4.97. The molecule has 0 aromatic heterocycles. The lowest BCUT2D eigenvalue weighted by Gasteiger charge is -2.36. The van der Waals surface area contributed by atoms with E-state index in [0.717, 1.165) is 22.4 Å². The summed E-state index contributed by atoms with van der Waals surface area (Å²) in [4.78, 5) is 17.2. The van der Waals surface area contributed by atoms with Crippen molar-refractivity contribution in [3.63, 3.8) is 0 Å². The van der Waals surface area contributed by atoms with Crippen molar-refractivity contribution < 1.29 is 17.9 Å². The van der Waals surface area contributed by atoms with Crippen LogP contribution in [-0.2, 0) is 21.4 Å². The first kappa shape index (κ1) is 30.7. The molecule has 0 spiro atoms. The van der Waals surface area contributed by atoms with E-state index in [1.807, 2.05) is 25.1 Å². The minimum Gasteiger partial charge on any atom is -0.484 e. The molecule has 0 aliphatic carbocycles. The number of anilines is 2. The van der Waals surface area contributed by atoms with E-state index in [2.05, 4.69) is 11.8 Å². The lowest BCUT2D eigenvalue weighted by atomic mass is 10.1. The number of benzene rings is 4. The Morgan fingerprint density at radius 1 is 0.814 bits per heavy atom. The number of sulfonamides is 1. The molecule has 5 rings (SSSR count). The van der Waals surface area contributed by atoms with Crippen LogP contribution < -0.4 is 13.9 Å². The van der Waals surface area contributed by atoms with Gasteiger partial charge in [-0.05, 0) is 85.6 Å². The molecule has 1 saturated heterocycles. The van der Waals surface area contributed by atoms with E-state index in [1.165, 1.54) is 4.31 Å². The van der Waals surface area contributed by atoms with E-state index in [-0.39, 0.29) is 24.0 Å². The highest BCUT2D eigenvalue weighted by Crippen LogP contribution is 2.29. The summed E-state index contributed by atoms with van der Waals surface area (Å²) in [5.74, 6) is 0.377. The first-order chi connectivity index (χ1) is 20.6. The van der Waals surface area contributed by atoms with E-state index >= 15 is 0 Å². The van der Waals surface area contributed by atoms with Crippen LogP contribution in [0.3, 0.4) is 0 Å². The van der Waals surface area contributed by atoms with Crippen LogP contribution in [0, 0.1) is 13.8 Å². The molecule has 1 aliphatic rings. The van der Waals surface area contributed by atoms with Gasteiger partial charge in [-0.15, -0.1) is 0 Å². The predicted molar refractivity (Wildman–Crippen MR) is 173 cm³/mol. The number of carbonyl (C=O) groups excluding carboxylic acids is 1. The van der Waals surface area contributed by atoms with Gasteiger partial charge in [0.15, 0.2) is 6.61 Å². The summed E-state index contributed by atoms with van der Waals surface area (Å²) < 4.78 is 34.7. The van der Waals surface area contributed by atoms with E-state index in [1.54, 1.807) is 77.7 Å². The summed E-state index contributed by atoms with van der Waals surface area (Å²) in [5.41, 5.74) is 4.47. The zero-order valence-corrected chi connectivity index (χ0v) is 26.4. The minimum absolute atomic E-state index is 0.0992. The number of ether oxygens (including phenoxy) is 1. The van der Waals surface area contributed by atoms with Gasteiger partial charge in [-0.2, -0.15) is 0 Å². The topological polar surface area (TPSA) is 70.2 Å². The van der Waals surface area contributed by atoms with Crippen LogP contribution in [0.15, 0.2) is 95.9 Å². The second-order valence-corrected chi connectivity index (χ2v) is 13.3. The fourth-order valence-corrected chi connectivity index (χ4v) is 6.72. The molecule has 7 nitrogen and oxygen atoms in total. The number of hydrogen-bond donors (Lipinski definition) is 0. The molecule has 1 heterocycles. The molecule has 4 aromatic carbocycles. The highest BCUT2D eigenvalue weighted by molar-refractivity contribution is 7.92. The largest absolute Gasteiger partial charge is 0.484 e. The third-order valence-electron chi connectivity index (χ3n) is 7.48. The Labute approximate surface area is 263 Å². The Morgan fingerprint density at radius 3 is 2.09 bits per heavy atom. The highest BCUT2D eigenvalue weighted by atomic mass is 35.5. The molecule has 1 amide bonds. The van der Waals surface area contributed by atoms with Crippen molar-refractivity contribution in [2.75, 3.05) is 42.0 Å². The number of rotatable bonds is 9. The Morgan fingerprint density at radius 2 is 1.44 bits per heavy atom. The maximum absolute atomic E-state index is 13.7. The van der Waals surface area contributed by atoms with Gasteiger partial charge < -0.3 is 14.5 Å². The van der Waals surface area contributed by atoms with Crippen LogP contribution in [0.2, 0.25) is 10.0 Å². The van der Waals surface area contributed by atoms with Crippen molar-refractivity contribution in [3.8, 4) is 5.75 Å². The summed E-state index contributed by atoms with van der Waals surface area (Å²) in [5, 5.41) is 1.27. The standard InChI is InChI=1S/C33H33Cl2N3O4S/c1-24-3-15-31(16-4-24)43(40,41)38(22-26-6-9-27(34)10-7-26)29-11-13-30(14-12-29)42-23-33(39)37-19-17-36(18-20-37)32-21-28(35)8-5-25(32)2/h3-16,21H,17-20,22-23H2,1-2H3. The van der Waals surface area contributed by atoms with Gasteiger partial charge in [-0.1, -0.05) is 59.1 Å². The summed E-state index contributed by atoms with van der Waals surface area (Å²) in [6.07, 6.45) is 0. The van der Waals surface area contributed by atoms with Crippen molar-refractivity contribution in [1.29, 1.82) is 0 Å². The molecular weight excluding hydrogens is 605 g/mol. The predicted octanol–water partition coefficient (Wildman–Crippen LogP) is 6.73. The molecule has 1 aliphatic heterocycles. The number of nitrogens with zero attached hydrogens (tertiary/aromatic N) is 3. The number of hydrogen-bond acceptors (Lipinski definition) is 5. The van der Waals surface area contributed by atoms with Gasteiger partial charge in [0.25, 0.3) is 15.9 Å². The molecule has 0 atom stereocenters. The van der Waals surface area contributed by atoms with Gasteiger partial charge in [0.2, 0.25) is 0 Å². The molecular formula is C33H33Cl2N3O4S. The number of halogens is 2. The monoisotopic (exact) mass is 637 g/mol. The molecule has 0 unspecified atom stereocenters. The van der Waals surface area contributed by atoms with Crippen LogP contribution in [0.5, 0.6) is 5.75 Å². The third kappa shape index (κ3) is 7.44. The van der Waals surface area contributed by atoms with E-state index < -0.39 is 10.0 Å². The van der Waals surface area contributed by atoms with Crippen LogP contribution in [0.1, 0.15) is 16.7 Å². The van der Waals surface area contributed by atoms with Gasteiger partial charge in [-0.3, -0.25) is 9.10 Å². The molecule has 1 fully saturated rings. The molecule has 0 saturated carbocycles. The zero-order valence-electron chi connectivity index (χ0n) is 24.0. The highest BCUT2D eigenvalue weighted by Gasteiger charge is 2.26. The van der Waals surface area contributed by atoms with Crippen LogP contribution in [0.25, 0.3) is 0 Å². The summed E-state index contributed by atoms with van der Waals surface area (Å²) in [6.45, 7) is 6.57. The first-order valence-corrected chi connectivity index (χ1v) is 16.2.